The Morgan fingerprint density at radius 3 is 2.56 bits per heavy atom. The van der Waals surface area contributed by atoms with Gasteiger partial charge in [0.25, 0.3) is 0 Å². The summed E-state index contributed by atoms with van der Waals surface area (Å²) in [5.41, 5.74) is -1.06. The van der Waals surface area contributed by atoms with Crippen molar-refractivity contribution < 1.29 is 28.9 Å². The van der Waals surface area contributed by atoms with Crippen LogP contribution in [0, 0.1) is 5.41 Å². The summed E-state index contributed by atoms with van der Waals surface area (Å²) in [5.74, 6) is -0.438. The average molecular weight is 473 g/mol. The molecule has 2 saturated heterocycles. The number of hydrogen-bond acceptors (Lipinski definition) is 8. The number of methoxy groups -OCH3 is 2. The summed E-state index contributed by atoms with van der Waals surface area (Å²) in [6.07, 6.45) is 2.35. The van der Waals surface area contributed by atoms with Crippen LogP contribution in [-0.4, -0.2) is 80.1 Å². The lowest BCUT2D eigenvalue weighted by Gasteiger charge is -2.65. The number of nitrogens with zero attached hydrogens (tertiary/aromatic N) is 2. The number of aliphatic hydroxyl groups is 1. The zero-order valence-corrected chi connectivity index (χ0v) is 20.8. The molecule has 3 aliphatic heterocycles. The van der Waals surface area contributed by atoms with E-state index in [2.05, 4.69) is 17.9 Å². The molecule has 186 valence electrons. The maximum absolute atomic E-state index is 13.6. The third-order valence-electron chi connectivity index (χ3n) is 9.31. The largest absolute Gasteiger partial charge is 0.497 e. The van der Waals surface area contributed by atoms with E-state index in [0.29, 0.717) is 6.42 Å². The quantitative estimate of drug-likeness (QED) is 0.653. The van der Waals surface area contributed by atoms with E-state index in [9.17, 15) is 14.7 Å². The minimum atomic E-state index is -2.03. The van der Waals surface area contributed by atoms with Gasteiger partial charge in [-0.2, -0.15) is 0 Å². The summed E-state index contributed by atoms with van der Waals surface area (Å²) in [7, 11) is 4.84. The van der Waals surface area contributed by atoms with Crippen molar-refractivity contribution in [2.45, 2.75) is 75.2 Å². The number of carbonyl (C=O) groups is 2. The van der Waals surface area contributed by atoms with Crippen molar-refractivity contribution in [3.8, 4) is 5.75 Å². The normalized spacial score (nSPS) is 38.1. The number of likely N-dealkylation sites (N-methyl/N-ethyl adjacent to an activating group) is 1. The van der Waals surface area contributed by atoms with Gasteiger partial charge in [0.15, 0.2) is 6.10 Å². The zero-order valence-electron chi connectivity index (χ0n) is 20.8. The van der Waals surface area contributed by atoms with Crippen molar-refractivity contribution in [1.82, 2.24) is 4.90 Å². The third kappa shape index (κ3) is 2.61. The molecule has 8 nitrogen and oxygen atoms in total. The van der Waals surface area contributed by atoms with Crippen LogP contribution in [-0.2, 0) is 24.5 Å². The van der Waals surface area contributed by atoms with Crippen molar-refractivity contribution in [1.29, 1.82) is 0 Å². The lowest BCUT2D eigenvalue weighted by atomic mass is 9.46. The fourth-order valence-corrected chi connectivity index (χ4v) is 8.21. The average Bonchev–Trinajstić information content (AvgIpc) is 3.37. The minimum absolute atomic E-state index is 0.0282. The number of carbonyl (C=O) groups excluding carboxylic acids is 2. The summed E-state index contributed by atoms with van der Waals surface area (Å²) in [5, 5.41) is 12.6. The van der Waals surface area contributed by atoms with Gasteiger partial charge >= 0.3 is 11.9 Å². The van der Waals surface area contributed by atoms with Crippen molar-refractivity contribution in [2.75, 3.05) is 39.3 Å². The summed E-state index contributed by atoms with van der Waals surface area (Å²) in [6.45, 7) is 5.65. The third-order valence-corrected chi connectivity index (χ3v) is 9.31. The SMILES string of the molecule is CCC(=O)O[C@@H]1[C@]2(CC)CCCN3CC[C@@]4(c5ccc(OC)cc5N(C)[C@H]4[C@@]1(O)C(=O)OC)[C@@H]32. The fraction of sp³-hybridized carbons (Fsp3) is 0.692. The maximum atomic E-state index is 13.6. The molecule has 3 heterocycles. The van der Waals surface area contributed by atoms with Crippen LogP contribution in [0.3, 0.4) is 0 Å². The molecule has 1 saturated carbocycles. The summed E-state index contributed by atoms with van der Waals surface area (Å²) in [4.78, 5) is 30.9. The lowest BCUT2D eigenvalue weighted by molar-refractivity contribution is -0.243. The van der Waals surface area contributed by atoms with E-state index < -0.39 is 40.5 Å². The Bertz CT molecular complexity index is 1020. The number of ether oxygens (including phenoxy) is 3. The molecule has 0 bridgehead atoms. The van der Waals surface area contributed by atoms with Gasteiger partial charge in [0.05, 0.1) is 20.3 Å². The highest BCUT2D eigenvalue weighted by molar-refractivity contribution is 5.86. The van der Waals surface area contributed by atoms with E-state index >= 15 is 0 Å². The van der Waals surface area contributed by atoms with Gasteiger partial charge < -0.3 is 24.2 Å². The second-order valence-corrected chi connectivity index (χ2v) is 10.4. The smallest absolute Gasteiger partial charge is 0.344 e. The van der Waals surface area contributed by atoms with Crippen LogP contribution in [0.1, 0.15) is 51.5 Å². The van der Waals surface area contributed by atoms with Gasteiger partial charge in [0, 0.05) is 42.1 Å². The van der Waals surface area contributed by atoms with E-state index in [1.807, 2.05) is 24.1 Å². The first-order valence-electron chi connectivity index (χ1n) is 12.4. The van der Waals surface area contributed by atoms with Gasteiger partial charge in [-0.15, -0.1) is 0 Å². The Morgan fingerprint density at radius 2 is 1.91 bits per heavy atom. The van der Waals surface area contributed by atoms with Crippen LogP contribution in [0.2, 0.25) is 0 Å². The Kier molecular flexibility index (Phi) is 5.41. The Labute approximate surface area is 201 Å². The number of hydrogen-bond donors (Lipinski definition) is 1. The summed E-state index contributed by atoms with van der Waals surface area (Å²) < 4.78 is 16.9. The summed E-state index contributed by atoms with van der Waals surface area (Å²) >= 11 is 0. The van der Waals surface area contributed by atoms with Crippen molar-refractivity contribution in [3.63, 3.8) is 0 Å². The van der Waals surface area contributed by atoms with Crippen molar-refractivity contribution in [3.05, 3.63) is 23.8 Å². The first kappa shape index (κ1) is 23.4. The molecule has 1 N–H and O–H groups in total. The van der Waals surface area contributed by atoms with Gasteiger partial charge in [0.2, 0.25) is 5.60 Å². The van der Waals surface area contributed by atoms with Crippen LogP contribution < -0.4 is 9.64 Å². The topological polar surface area (TPSA) is 88.5 Å². The Hall–Kier alpha value is -2.32. The van der Waals surface area contributed by atoms with Crippen molar-refractivity contribution in [2.24, 2.45) is 5.41 Å². The summed E-state index contributed by atoms with van der Waals surface area (Å²) in [6, 6.07) is 5.42. The highest BCUT2D eigenvalue weighted by atomic mass is 16.6. The Balaban J connectivity index is 1.83. The van der Waals surface area contributed by atoms with Gasteiger partial charge in [-0.05, 0) is 50.4 Å². The monoisotopic (exact) mass is 472 g/mol. The lowest BCUT2D eigenvalue weighted by Crippen LogP contribution is -2.82. The fourth-order valence-electron chi connectivity index (χ4n) is 8.21. The van der Waals surface area contributed by atoms with E-state index in [4.69, 9.17) is 14.2 Å². The van der Waals surface area contributed by atoms with E-state index in [-0.39, 0.29) is 12.5 Å². The second kappa shape index (κ2) is 7.85. The van der Waals surface area contributed by atoms with Gasteiger partial charge in [-0.3, -0.25) is 9.69 Å². The molecule has 8 heteroatoms. The number of fused-ring (bicyclic) bond motifs is 1. The molecule has 4 aliphatic rings. The van der Waals surface area contributed by atoms with Gasteiger partial charge in [-0.25, -0.2) is 4.79 Å². The van der Waals surface area contributed by atoms with Crippen LogP contribution in [0.25, 0.3) is 0 Å². The number of piperidine rings is 1. The first-order chi connectivity index (χ1) is 16.3. The van der Waals surface area contributed by atoms with Crippen LogP contribution in [0.15, 0.2) is 18.2 Å². The number of esters is 2. The Morgan fingerprint density at radius 1 is 1.15 bits per heavy atom. The van der Waals surface area contributed by atoms with Gasteiger partial charge in [-0.1, -0.05) is 19.9 Å². The molecule has 5 rings (SSSR count). The minimum Gasteiger partial charge on any atom is -0.497 e. The van der Waals surface area contributed by atoms with Gasteiger partial charge in [0.1, 0.15) is 5.75 Å². The predicted molar refractivity (Wildman–Crippen MR) is 126 cm³/mol. The molecule has 0 amide bonds. The zero-order chi connectivity index (χ0) is 24.5. The molecule has 0 unspecified atom stereocenters. The maximum Gasteiger partial charge on any atom is 0.344 e. The molecule has 0 radical (unpaired) electrons. The first-order valence-corrected chi connectivity index (χ1v) is 12.4. The van der Waals surface area contributed by atoms with Crippen molar-refractivity contribution >= 4 is 17.6 Å². The molecule has 34 heavy (non-hydrogen) atoms. The molecular formula is C26H36N2O6. The molecule has 1 aromatic carbocycles. The van der Waals surface area contributed by atoms with E-state index in [1.54, 1.807) is 14.0 Å². The number of rotatable bonds is 5. The highest BCUT2D eigenvalue weighted by Crippen LogP contribution is 2.68. The molecular weight excluding hydrogens is 436 g/mol. The molecule has 1 spiro atoms. The van der Waals surface area contributed by atoms with E-state index in [1.165, 1.54) is 7.11 Å². The van der Waals surface area contributed by atoms with Crippen LogP contribution in [0.5, 0.6) is 5.75 Å². The van der Waals surface area contributed by atoms with E-state index in [0.717, 1.165) is 49.4 Å². The molecule has 6 atom stereocenters. The standard InChI is InChI=1S/C26H36N2O6/c1-6-19(29)34-22-24(7-2)11-8-13-28-14-12-25(20(24)28)17-10-9-16(32-4)15-18(17)27(3)21(25)26(22,31)23(30)33-5/h9-10,15,20-22,31H,6-8,11-14H2,1-5H3/t20-,21+,22+,24+,25+,26-/m0/s1. The number of anilines is 1. The highest BCUT2D eigenvalue weighted by Gasteiger charge is 2.80. The molecule has 0 aromatic heterocycles. The number of benzene rings is 1. The molecule has 3 fully saturated rings. The molecule has 1 aliphatic carbocycles. The van der Waals surface area contributed by atoms with Crippen LogP contribution >= 0.6 is 0 Å². The second-order valence-electron chi connectivity index (χ2n) is 10.4. The molecule has 1 aromatic rings. The predicted octanol–water partition coefficient (Wildman–Crippen LogP) is 2.26. The van der Waals surface area contributed by atoms with Crippen LogP contribution in [0.4, 0.5) is 5.69 Å².